The van der Waals surface area contributed by atoms with Crippen molar-refractivity contribution < 1.29 is 0 Å². The second-order valence-electron chi connectivity index (χ2n) is 9.74. The van der Waals surface area contributed by atoms with Crippen LogP contribution in [0, 0.1) is 0 Å². The van der Waals surface area contributed by atoms with Gasteiger partial charge in [-0.25, -0.2) is 0 Å². The van der Waals surface area contributed by atoms with Crippen LogP contribution in [0.1, 0.15) is 0 Å². The molecule has 6 aromatic rings. The van der Waals surface area contributed by atoms with Crippen LogP contribution in [0.2, 0.25) is 5.71 Å². The van der Waals surface area contributed by atoms with Crippen LogP contribution in [0.5, 0.6) is 0 Å². The molecule has 0 saturated heterocycles. The fourth-order valence-corrected chi connectivity index (χ4v) is 11.8. The van der Waals surface area contributed by atoms with E-state index >= 15 is 0 Å². The van der Waals surface area contributed by atoms with Gasteiger partial charge in [0.15, 0.2) is 0 Å². The zero-order chi connectivity index (χ0) is 25.8. The summed E-state index contributed by atoms with van der Waals surface area (Å²) in [6.45, 7) is 0. The number of hydrogen-bond donors (Lipinski definition) is 0. The molecule has 38 heavy (non-hydrogen) atoms. The first-order chi connectivity index (χ1) is 18.7. The van der Waals surface area contributed by atoms with Crippen molar-refractivity contribution in [2.45, 2.75) is 5.71 Å². The van der Waals surface area contributed by atoms with Gasteiger partial charge in [-0.2, -0.15) is 0 Å². The van der Waals surface area contributed by atoms with Gasteiger partial charge in [0.25, 0.3) is 0 Å². The molecule has 0 aliphatic carbocycles. The van der Waals surface area contributed by atoms with Crippen LogP contribution in [0.25, 0.3) is 33.4 Å². The molecule has 0 saturated carbocycles. The summed E-state index contributed by atoms with van der Waals surface area (Å²) in [7, 11) is 0. The molecule has 0 bridgehead atoms. The summed E-state index contributed by atoms with van der Waals surface area (Å²) >= 11 is -2.71. The maximum atomic E-state index is 2.52. The van der Waals surface area contributed by atoms with Crippen LogP contribution < -0.4 is 13.1 Å². The molecule has 1 heteroatoms. The molecule has 0 unspecified atom stereocenters. The molecule has 0 atom stereocenters. The molecule has 0 nitrogen and oxygen atoms in total. The number of rotatable bonds is 6. The van der Waals surface area contributed by atoms with Gasteiger partial charge in [-0.05, 0) is 0 Å². The molecule has 0 spiro atoms. The van der Waals surface area contributed by atoms with Crippen LogP contribution in [0.15, 0.2) is 164 Å². The summed E-state index contributed by atoms with van der Waals surface area (Å²) in [6.07, 6.45) is 0. The van der Waals surface area contributed by atoms with Gasteiger partial charge >= 0.3 is 229 Å². The van der Waals surface area contributed by atoms with E-state index in [0.717, 1.165) is 0 Å². The van der Waals surface area contributed by atoms with Crippen molar-refractivity contribution in [3.8, 4) is 33.4 Å². The molecule has 0 aliphatic rings. The van der Waals surface area contributed by atoms with E-state index in [1.165, 1.54) is 46.4 Å². The van der Waals surface area contributed by atoms with Gasteiger partial charge < -0.3 is 0 Å². The second-order valence-corrected chi connectivity index (χ2v) is 17.2. The molecule has 0 aromatic heterocycles. The first-order valence-electron chi connectivity index (χ1n) is 13.1. The second kappa shape index (κ2) is 10.7. The average molecular weight is 550 g/mol. The van der Waals surface area contributed by atoms with Gasteiger partial charge in [0.1, 0.15) is 0 Å². The summed E-state index contributed by atoms with van der Waals surface area (Å²) < 4.78 is 4.34. The van der Waals surface area contributed by atoms with Crippen molar-refractivity contribution in [2.24, 2.45) is 0 Å². The van der Waals surface area contributed by atoms with Crippen LogP contribution in [0.4, 0.5) is 0 Å². The average Bonchev–Trinajstić information content (AvgIpc) is 3.02. The Morgan fingerprint density at radius 3 is 0.711 bits per heavy atom. The van der Waals surface area contributed by atoms with E-state index in [1.807, 2.05) is 0 Å². The first kappa shape index (κ1) is 24.2. The molecular formula is C37H30As. The quantitative estimate of drug-likeness (QED) is 0.186. The SMILES string of the molecule is C[As](c1ccc(-c2ccccc2)cc1)(c1ccc(-c2ccccc2)cc1)c1ccc(-c2ccccc2)cc1. The van der Waals surface area contributed by atoms with Gasteiger partial charge in [0.2, 0.25) is 0 Å². The van der Waals surface area contributed by atoms with Crippen molar-refractivity contribution in [3.63, 3.8) is 0 Å². The summed E-state index contributed by atoms with van der Waals surface area (Å²) in [6, 6.07) is 59.9. The van der Waals surface area contributed by atoms with E-state index in [2.05, 4.69) is 170 Å². The molecule has 6 rings (SSSR count). The van der Waals surface area contributed by atoms with E-state index in [1.54, 1.807) is 0 Å². The van der Waals surface area contributed by atoms with E-state index < -0.39 is 13.6 Å². The topological polar surface area (TPSA) is 0 Å². The summed E-state index contributed by atoms with van der Waals surface area (Å²) in [5.74, 6) is 0. The number of hydrogen-bond acceptors (Lipinski definition) is 0. The summed E-state index contributed by atoms with van der Waals surface area (Å²) in [5.41, 5.74) is 10.1. The molecule has 0 aliphatic heterocycles. The van der Waals surface area contributed by atoms with E-state index in [0.29, 0.717) is 0 Å². The molecular weight excluding hydrogens is 519 g/mol. The van der Waals surface area contributed by atoms with Crippen molar-refractivity contribution in [1.82, 2.24) is 0 Å². The predicted octanol–water partition coefficient (Wildman–Crippen LogP) is 7.79. The van der Waals surface area contributed by atoms with E-state index in [9.17, 15) is 0 Å². The van der Waals surface area contributed by atoms with Crippen molar-refractivity contribution in [1.29, 1.82) is 0 Å². The van der Waals surface area contributed by atoms with Gasteiger partial charge in [0, 0.05) is 0 Å². The molecule has 0 fully saturated rings. The Balaban J connectivity index is 1.43. The third-order valence-electron chi connectivity index (χ3n) is 7.47. The molecule has 183 valence electrons. The molecule has 0 heterocycles. The molecule has 1 radical (unpaired) electrons. The standard InChI is InChI=1S/C37H30As/c1-38(35-23-17-32(18-24-35)29-11-5-2-6-12-29,36-25-19-33(20-26-36)30-13-7-3-8-14-30)37-27-21-34(22-28-37)31-15-9-4-10-16-31/h2-28H,1H3. The van der Waals surface area contributed by atoms with Crippen molar-refractivity contribution >= 4 is 26.6 Å². The third-order valence-corrected chi connectivity index (χ3v) is 15.8. The van der Waals surface area contributed by atoms with Gasteiger partial charge in [0.05, 0.1) is 0 Å². The zero-order valence-corrected chi connectivity index (χ0v) is 23.4. The Kier molecular flexibility index (Phi) is 6.82. The number of benzene rings is 6. The van der Waals surface area contributed by atoms with Crippen molar-refractivity contribution in [2.75, 3.05) is 0 Å². The van der Waals surface area contributed by atoms with Gasteiger partial charge in [-0.1, -0.05) is 0 Å². The van der Waals surface area contributed by atoms with Crippen LogP contribution in [-0.2, 0) is 0 Å². The monoisotopic (exact) mass is 549 g/mol. The summed E-state index contributed by atoms with van der Waals surface area (Å²) in [4.78, 5) is 0. The molecule has 0 amide bonds. The minimum absolute atomic E-state index is 1.26. The Hall–Kier alpha value is -4.12. The Morgan fingerprint density at radius 2 is 0.474 bits per heavy atom. The van der Waals surface area contributed by atoms with E-state index in [-0.39, 0.29) is 0 Å². The van der Waals surface area contributed by atoms with Crippen LogP contribution in [0.3, 0.4) is 0 Å². The first-order valence-corrected chi connectivity index (χ1v) is 17.8. The fraction of sp³-hybridized carbons (Fsp3) is 0.0270. The van der Waals surface area contributed by atoms with Gasteiger partial charge in [-0.15, -0.1) is 0 Å². The normalized spacial score (nSPS) is 11.3. The Morgan fingerprint density at radius 1 is 0.263 bits per heavy atom. The summed E-state index contributed by atoms with van der Waals surface area (Å²) in [5, 5.41) is 0. The van der Waals surface area contributed by atoms with Crippen LogP contribution in [-0.4, -0.2) is 13.6 Å². The van der Waals surface area contributed by atoms with E-state index in [4.69, 9.17) is 0 Å². The predicted molar refractivity (Wildman–Crippen MR) is 166 cm³/mol. The molecule has 6 aromatic carbocycles. The van der Waals surface area contributed by atoms with Gasteiger partial charge in [-0.3, -0.25) is 0 Å². The maximum absolute atomic E-state index is 2.71. The van der Waals surface area contributed by atoms with Crippen molar-refractivity contribution in [3.05, 3.63) is 164 Å². The Labute approximate surface area is 228 Å². The minimum atomic E-state index is -2.71. The fourth-order valence-electron chi connectivity index (χ4n) is 5.20. The third kappa shape index (κ3) is 4.76. The molecule has 0 N–H and O–H groups in total. The zero-order valence-electron chi connectivity index (χ0n) is 21.5. The van der Waals surface area contributed by atoms with Crippen LogP contribution >= 0.6 is 0 Å². The Bertz CT molecular complexity index is 1400.